The minimum Gasteiger partial charge on any atom is -0.469 e. The molecule has 0 spiro atoms. The Labute approximate surface area is 148 Å². The molecule has 1 amide bonds. The Bertz CT molecular complexity index is 662. The number of ketones is 1. The van der Waals surface area contributed by atoms with E-state index in [-0.39, 0.29) is 37.2 Å². The van der Waals surface area contributed by atoms with E-state index in [2.05, 4.69) is 10.1 Å². The lowest BCUT2D eigenvalue weighted by Crippen LogP contribution is -2.38. The molecule has 1 saturated carbocycles. The smallest absolute Gasteiger partial charge is 0.307 e. The standard InChI is InChI=1S/C18H27N3O4/c1-12-9-15(13(2)21(12)8-7-18(24)25-4)16(22)10-20(3)11-17(23)19-14-5-6-14/h9,14H,5-8,10-11H2,1-4H3,(H,19,23). The molecule has 1 aliphatic rings. The number of aryl methyl sites for hydroxylation is 1. The number of methoxy groups -OCH3 is 1. The van der Waals surface area contributed by atoms with Crippen LogP contribution >= 0.6 is 0 Å². The van der Waals surface area contributed by atoms with E-state index < -0.39 is 0 Å². The van der Waals surface area contributed by atoms with Crippen LogP contribution < -0.4 is 5.32 Å². The molecule has 0 aromatic carbocycles. The molecule has 1 heterocycles. The fourth-order valence-corrected chi connectivity index (χ4v) is 2.87. The van der Waals surface area contributed by atoms with Gasteiger partial charge in [0.15, 0.2) is 5.78 Å². The number of carbonyl (C=O) groups is 3. The van der Waals surface area contributed by atoms with Crippen LogP contribution in [0.25, 0.3) is 0 Å². The van der Waals surface area contributed by atoms with Gasteiger partial charge in [0.1, 0.15) is 0 Å². The Morgan fingerprint density at radius 2 is 1.96 bits per heavy atom. The van der Waals surface area contributed by atoms with Crippen molar-refractivity contribution in [2.45, 2.75) is 45.7 Å². The van der Waals surface area contributed by atoms with Gasteiger partial charge in [-0.1, -0.05) is 0 Å². The van der Waals surface area contributed by atoms with Crippen LogP contribution in [-0.4, -0.2) is 60.4 Å². The molecule has 0 saturated heterocycles. The maximum absolute atomic E-state index is 12.6. The second-order valence-electron chi connectivity index (χ2n) is 6.70. The number of aromatic nitrogens is 1. The van der Waals surface area contributed by atoms with Crippen LogP contribution in [0, 0.1) is 13.8 Å². The highest BCUT2D eigenvalue weighted by molar-refractivity contribution is 5.99. The Kier molecular flexibility index (Phi) is 6.36. The summed E-state index contributed by atoms with van der Waals surface area (Å²) >= 11 is 0. The second kappa shape index (κ2) is 8.29. The number of hydrogen-bond donors (Lipinski definition) is 1. The number of carbonyl (C=O) groups excluding carboxylic acids is 3. The number of amides is 1. The zero-order valence-electron chi connectivity index (χ0n) is 15.4. The van der Waals surface area contributed by atoms with E-state index in [9.17, 15) is 14.4 Å². The minimum absolute atomic E-state index is 0.0286. The maximum Gasteiger partial charge on any atom is 0.307 e. The molecule has 138 valence electrons. The lowest BCUT2D eigenvalue weighted by Gasteiger charge is -2.15. The van der Waals surface area contributed by atoms with Gasteiger partial charge in [0.05, 0.1) is 26.6 Å². The lowest BCUT2D eigenvalue weighted by atomic mass is 10.1. The van der Waals surface area contributed by atoms with Gasteiger partial charge in [0, 0.05) is 29.5 Å². The van der Waals surface area contributed by atoms with Crippen molar-refractivity contribution < 1.29 is 19.1 Å². The number of ether oxygens (including phenoxy) is 1. The Hall–Kier alpha value is -2.15. The fraction of sp³-hybridized carbons (Fsp3) is 0.611. The Balaban J connectivity index is 1.93. The highest BCUT2D eigenvalue weighted by Gasteiger charge is 2.24. The predicted octanol–water partition coefficient (Wildman–Crippen LogP) is 1.06. The minimum atomic E-state index is -0.276. The Morgan fingerprint density at radius 3 is 2.56 bits per heavy atom. The van der Waals surface area contributed by atoms with Crippen LogP contribution in [0.3, 0.4) is 0 Å². The van der Waals surface area contributed by atoms with Crippen molar-refractivity contribution in [1.29, 1.82) is 0 Å². The third-order valence-electron chi connectivity index (χ3n) is 4.41. The van der Waals surface area contributed by atoms with Gasteiger partial charge in [-0.25, -0.2) is 0 Å². The number of likely N-dealkylation sites (N-methyl/N-ethyl adjacent to an activating group) is 1. The van der Waals surface area contributed by atoms with Crippen molar-refractivity contribution in [1.82, 2.24) is 14.8 Å². The lowest BCUT2D eigenvalue weighted by molar-refractivity contribution is -0.140. The maximum atomic E-state index is 12.6. The van der Waals surface area contributed by atoms with E-state index >= 15 is 0 Å². The van der Waals surface area contributed by atoms with Crippen LogP contribution in [0.2, 0.25) is 0 Å². The van der Waals surface area contributed by atoms with Crippen LogP contribution in [0.5, 0.6) is 0 Å². The summed E-state index contributed by atoms with van der Waals surface area (Å²) in [6.45, 7) is 4.66. The SMILES string of the molecule is COC(=O)CCn1c(C)cc(C(=O)CN(C)CC(=O)NC2CC2)c1C. The summed E-state index contributed by atoms with van der Waals surface area (Å²) in [7, 11) is 3.13. The number of rotatable bonds is 9. The van der Waals surface area contributed by atoms with Gasteiger partial charge >= 0.3 is 5.97 Å². The van der Waals surface area contributed by atoms with Gasteiger partial charge in [-0.15, -0.1) is 0 Å². The average Bonchev–Trinajstić information content (AvgIpc) is 3.30. The van der Waals surface area contributed by atoms with Crippen LogP contribution in [0.15, 0.2) is 6.07 Å². The molecule has 0 atom stereocenters. The molecule has 0 aliphatic heterocycles. The molecule has 1 fully saturated rings. The third kappa shape index (κ3) is 5.42. The van der Waals surface area contributed by atoms with Gasteiger partial charge in [-0.05, 0) is 39.8 Å². The molecule has 0 unspecified atom stereocenters. The van der Waals surface area contributed by atoms with Crippen molar-refractivity contribution >= 4 is 17.7 Å². The number of esters is 1. The van der Waals surface area contributed by atoms with Crippen molar-refractivity contribution in [3.05, 3.63) is 23.0 Å². The second-order valence-corrected chi connectivity index (χ2v) is 6.70. The number of Topliss-reactive ketones (excluding diaryl/α,β-unsaturated/α-hetero) is 1. The molecule has 25 heavy (non-hydrogen) atoms. The van der Waals surface area contributed by atoms with Crippen LogP contribution in [0.4, 0.5) is 0 Å². The van der Waals surface area contributed by atoms with E-state index in [1.807, 2.05) is 24.5 Å². The van der Waals surface area contributed by atoms with Crippen molar-refractivity contribution in [3.63, 3.8) is 0 Å². The summed E-state index contributed by atoms with van der Waals surface area (Å²) in [4.78, 5) is 37.4. The predicted molar refractivity (Wildman–Crippen MR) is 93.5 cm³/mol. The average molecular weight is 349 g/mol. The highest BCUT2D eigenvalue weighted by atomic mass is 16.5. The summed E-state index contributed by atoms with van der Waals surface area (Å²) in [5, 5.41) is 2.92. The first-order chi connectivity index (χ1) is 11.8. The van der Waals surface area contributed by atoms with Gasteiger partial charge in [-0.3, -0.25) is 19.3 Å². The summed E-state index contributed by atoms with van der Waals surface area (Å²) in [6.07, 6.45) is 2.36. The molecular weight excluding hydrogens is 322 g/mol. The molecule has 1 aromatic rings. The first kappa shape index (κ1) is 19.2. The molecule has 7 heteroatoms. The Morgan fingerprint density at radius 1 is 1.28 bits per heavy atom. The van der Waals surface area contributed by atoms with Crippen molar-refractivity contribution in [2.24, 2.45) is 0 Å². The summed E-state index contributed by atoms with van der Waals surface area (Å²) in [6, 6.07) is 2.16. The van der Waals surface area contributed by atoms with Crippen LogP contribution in [0.1, 0.15) is 41.0 Å². The molecule has 1 aromatic heterocycles. The van der Waals surface area contributed by atoms with Gasteiger partial charge in [-0.2, -0.15) is 0 Å². The monoisotopic (exact) mass is 349 g/mol. The van der Waals surface area contributed by atoms with Crippen molar-refractivity contribution in [2.75, 3.05) is 27.2 Å². The van der Waals surface area contributed by atoms with Crippen LogP contribution in [-0.2, 0) is 20.9 Å². The zero-order valence-corrected chi connectivity index (χ0v) is 15.4. The summed E-state index contributed by atoms with van der Waals surface area (Å²) < 4.78 is 6.61. The topological polar surface area (TPSA) is 80.6 Å². The number of nitrogens with one attached hydrogen (secondary N) is 1. The summed E-state index contributed by atoms with van der Waals surface area (Å²) in [5.74, 6) is -0.345. The normalized spacial score (nSPS) is 13.8. The molecule has 1 aliphatic carbocycles. The molecule has 0 bridgehead atoms. The molecule has 2 rings (SSSR count). The fourth-order valence-electron chi connectivity index (χ4n) is 2.87. The summed E-state index contributed by atoms with van der Waals surface area (Å²) in [5.41, 5.74) is 2.40. The van der Waals surface area contributed by atoms with E-state index in [0.717, 1.165) is 24.2 Å². The quantitative estimate of drug-likeness (QED) is 0.533. The largest absolute Gasteiger partial charge is 0.469 e. The molecule has 0 radical (unpaired) electrons. The van der Waals surface area contributed by atoms with E-state index in [4.69, 9.17) is 0 Å². The highest BCUT2D eigenvalue weighted by Crippen LogP contribution is 2.19. The van der Waals surface area contributed by atoms with Gasteiger partial charge in [0.2, 0.25) is 5.91 Å². The van der Waals surface area contributed by atoms with E-state index in [1.54, 1.807) is 11.9 Å². The van der Waals surface area contributed by atoms with Crippen molar-refractivity contribution in [3.8, 4) is 0 Å². The zero-order chi connectivity index (χ0) is 18.6. The molecular formula is C18H27N3O4. The van der Waals surface area contributed by atoms with Gasteiger partial charge < -0.3 is 14.6 Å². The van der Waals surface area contributed by atoms with Gasteiger partial charge in [0.25, 0.3) is 0 Å². The van der Waals surface area contributed by atoms with E-state index in [1.165, 1.54) is 7.11 Å². The first-order valence-electron chi connectivity index (χ1n) is 8.56. The van der Waals surface area contributed by atoms with E-state index in [0.29, 0.717) is 18.2 Å². The first-order valence-corrected chi connectivity index (χ1v) is 8.56. The number of nitrogens with zero attached hydrogens (tertiary/aromatic N) is 2. The number of hydrogen-bond acceptors (Lipinski definition) is 5. The molecule has 7 nitrogen and oxygen atoms in total. The third-order valence-corrected chi connectivity index (χ3v) is 4.41. The molecule has 1 N–H and O–H groups in total.